The van der Waals surface area contributed by atoms with E-state index in [1.54, 1.807) is 0 Å². The average Bonchev–Trinajstić information content (AvgIpc) is 3.54. The van der Waals surface area contributed by atoms with Crippen LogP contribution in [-0.4, -0.2) is 9.97 Å². The van der Waals surface area contributed by atoms with Gasteiger partial charge in [-0.15, -0.1) is 0 Å². The van der Waals surface area contributed by atoms with Crippen LogP contribution in [0.4, 0.5) is 0 Å². The van der Waals surface area contributed by atoms with Gasteiger partial charge in [0.25, 0.3) is 0 Å². The molecule has 0 spiro atoms. The maximum absolute atomic E-state index is 5.26. The zero-order valence-corrected chi connectivity index (χ0v) is 34.0. The first-order chi connectivity index (χ1) is 30.0. The zero-order valence-electron chi connectivity index (χ0n) is 34.0. The highest BCUT2D eigenvalue weighted by Crippen LogP contribution is 2.51. The highest BCUT2D eigenvalue weighted by Gasteiger charge is 2.36. The van der Waals surface area contributed by atoms with Gasteiger partial charge in [0.2, 0.25) is 0 Å². The molecule has 0 fully saturated rings. The first kappa shape index (κ1) is 35.3. The van der Waals surface area contributed by atoms with Gasteiger partial charge in [-0.3, -0.25) is 0 Å². The maximum atomic E-state index is 5.26. The Labute approximate surface area is 355 Å². The van der Waals surface area contributed by atoms with Crippen LogP contribution in [0.1, 0.15) is 25.0 Å². The smallest absolute Gasteiger partial charge is 0.160 e. The maximum Gasteiger partial charge on any atom is 0.160 e. The van der Waals surface area contributed by atoms with Crippen LogP contribution in [0.5, 0.6) is 0 Å². The van der Waals surface area contributed by atoms with Crippen molar-refractivity contribution in [2.75, 3.05) is 0 Å². The van der Waals surface area contributed by atoms with Crippen LogP contribution in [0.25, 0.3) is 110 Å². The highest BCUT2D eigenvalue weighted by molar-refractivity contribution is 6.12. The lowest BCUT2D eigenvalue weighted by Gasteiger charge is -2.22. The molecule has 0 amide bonds. The van der Waals surface area contributed by atoms with Crippen LogP contribution in [0.15, 0.2) is 206 Å². The average molecular weight is 777 g/mol. The Bertz CT molecular complexity index is 3560. The van der Waals surface area contributed by atoms with E-state index < -0.39 is 0 Å². The Morgan fingerprint density at radius 3 is 1.51 bits per heavy atom. The predicted molar refractivity (Wildman–Crippen MR) is 257 cm³/mol. The Kier molecular flexibility index (Phi) is 7.92. The Morgan fingerprint density at radius 1 is 0.295 bits per heavy atom. The first-order valence-corrected chi connectivity index (χ1v) is 21.1. The van der Waals surface area contributed by atoms with Gasteiger partial charge in [0.1, 0.15) is 0 Å². The number of aromatic nitrogens is 2. The number of rotatable bonds is 5. The molecular weight excluding hydrogens is 737 g/mol. The van der Waals surface area contributed by atoms with E-state index in [1.807, 2.05) is 18.2 Å². The summed E-state index contributed by atoms with van der Waals surface area (Å²) in [6.07, 6.45) is 0. The van der Waals surface area contributed by atoms with Crippen molar-refractivity contribution >= 4 is 43.1 Å². The molecule has 0 aliphatic heterocycles. The molecule has 0 saturated carbocycles. The van der Waals surface area contributed by atoms with Gasteiger partial charge in [-0.25, -0.2) is 9.97 Å². The topological polar surface area (TPSA) is 25.8 Å². The fourth-order valence-electron chi connectivity index (χ4n) is 9.95. The molecule has 1 heterocycles. The van der Waals surface area contributed by atoms with Gasteiger partial charge in [0.15, 0.2) is 5.82 Å². The van der Waals surface area contributed by atoms with Crippen molar-refractivity contribution in [1.82, 2.24) is 9.97 Å². The van der Waals surface area contributed by atoms with Gasteiger partial charge in [0, 0.05) is 22.1 Å². The first-order valence-electron chi connectivity index (χ1n) is 21.1. The van der Waals surface area contributed by atoms with Crippen LogP contribution in [-0.2, 0) is 5.41 Å². The molecule has 0 bridgehead atoms. The summed E-state index contributed by atoms with van der Waals surface area (Å²) < 4.78 is 0. The van der Waals surface area contributed by atoms with Gasteiger partial charge in [0.05, 0.1) is 11.4 Å². The Balaban J connectivity index is 0.997. The second-order valence-electron chi connectivity index (χ2n) is 16.9. The quantitative estimate of drug-likeness (QED) is 0.174. The molecular formula is C59H40N2. The third-order valence-corrected chi connectivity index (χ3v) is 13.1. The highest BCUT2D eigenvalue weighted by atomic mass is 14.9. The van der Waals surface area contributed by atoms with Crippen LogP contribution >= 0.6 is 0 Å². The third-order valence-electron chi connectivity index (χ3n) is 13.1. The van der Waals surface area contributed by atoms with E-state index in [9.17, 15) is 0 Å². The molecule has 2 nitrogen and oxygen atoms in total. The van der Waals surface area contributed by atoms with E-state index in [1.165, 1.54) is 82.2 Å². The van der Waals surface area contributed by atoms with Gasteiger partial charge >= 0.3 is 0 Å². The summed E-state index contributed by atoms with van der Waals surface area (Å²) in [5.41, 5.74) is 15.2. The summed E-state index contributed by atoms with van der Waals surface area (Å²) in [4.78, 5) is 10.4. The molecule has 61 heavy (non-hydrogen) atoms. The Hall–Kier alpha value is -7.68. The standard InChI is InChI=1S/C59H40N2/c1-59(2)54-31-26-42(34-52(54)53-33-40-18-8-9-19-41(40)35-55(53)59)44-27-28-49(46-21-11-10-20-45(44)46)50-29-30-51(48-23-13-12-22-47(48)50)57-36-56(60-58(61-57)38-15-4-3-5-16-38)43-25-24-37-14-6-7-17-39(37)32-43/h3-36H,1-2H3. The number of benzene rings is 10. The number of hydrogen-bond donors (Lipinski definition) is 0. The van der Waals surface area contributed by atoms with E-state index in [-0.39, 0.29) is 5.41 Å². The van der Waals surface area contributed by atoms with E-state index in [0.717, 1.165) is 33.5 Å². The normalized spacial score (nSPS) is 12.9. The molecule has 0 unspecified atom stereocenters. The lowest BCUT2D eigenvalue weighted by atomic mass is 9.81. The molecule has 286 valence electrons. The summed E-state index contributed by atoms with van der Waals surface area (Å²) >= 11 is 0. The van der Waals surface area contributed by atoms with Crippen LogP contribution < -0.4 is 0 Å². The largest absolute Gasteiger partial charge is 0.228 e. The third kappa shape index (κ3) is 5.71. The van der Waals surface area contributed by atoms with Crippen LogP contribution in [0.2, 0.25) is 0 Å². The summed E-state index contributed by atoms with van der Waals surface area (Å²) in [5, 5.41) is 9.80. The second kappa shape index (κ2) is 13.7. The minimum atomic E-state index is -0.0702. The van der Waals surface area contributed by atoms with E-state index >= 15 is 0 Å². The molecule has 0 atom stereocenters. The summed E-state index contributed by atoms with van der Waals surface area (Å²) in [5.74, 6) is 0.711. The molecule has 11 aromatic rings. The molecule has 1 aromatic heterocycles. The fourth-order valence-corrected chi connectivity index (χ4v) is 9.95. The fraction of sp³-hybridized carbons (Fsp3) is 0.0508. The van der Waals surface area contributed by atoms with E-state index in [2.05, 4.69) is 202 Å². The van der Waals surface area contributed by atoms with Gasteiger partial charge in [-0.1, -0.05) is 190 Å². The van der Waals surface area contributed by atoms with Crippen molar-refractivity contribution < 1.29 is 0 Å². The van der Waals surface area contributed by atoms with Gasteiger partial charge in [-0.2, -0.15) is 0 Å². The second-order valence-corrected chi connectivity index (χ2v) is 16.9. The predicted octanol–water partition coefficient (Wildman–Crippen LogP) is 15.7. The van der Waals surface area contributed by atoms with Crippen molar-refractivity contribution in [3.8, 4) is 67.3 Å². The van der Waals surface area contributed by atoms with Gasteiger partial charge < -0.3 is 0 Å². The van der Waals surface area contributed by atoms with Gasteiger partial charge in [-0.05, 0) is 118 Å². The monoisotopic (exact) mass is 776 g/mol. The molecule has 1 aliphatic rings. The van der Waals surface area contributed by atoms with Crippen molar-refractivity contribution in [2.45, 2.75) is 19.3 Å². The molecule has 1 aliphatic carbocycles. The minimum Gasteiger partial charge on any atom is -0.228 e. The molecule has 12 rings (SSSR count). The van der Waals surface area contributed by atoms with Crippen molar-refractivity contribution in [3.05, 3.63) is 217 Å². The van der Waals surface area contributed by atoms with Crippen molar-refractivity contribution in [3.63, 3.8) is 0 Å². The molecule has 0 radical (unpaired) electrons. The molecule has 0 N–H and O–H groups in total. The van der Waals surface area contributed by atoms with E-state index in [4.69, 9.17) is 9.97 Å². The SMILES string of the molecule is CC1(C)c2ccc(-c3ccc(-c4ccc(-c5cc(-c6ccc7ccccc7c6)nc(-c6ccccc6)n5)c5ccccc45)c4ccccc34)cc2-c2cc3ccccc3cc21. The summed E-state index contributed by atoms with van der Waals surface area (Å²) in [6, 6.07) is 75.0. The van der Waals surface area contributed by atoms with Crippen LogP contribution in [0.3, 0.4) is 0 Å². The van der Waals surface area contributed by atoms with Crippen molar-refractivity contribution in [1.29, 1.82) is 0 Å². The zero-order chi connectivity index (χ0) is 40.7. The number of nitrogens with zero attached hydrogens (tertiary/aromatic N) is 2. The lowest BCUT2D eigenvalue weighted by Crippen LogP contribution is -2.14. The molecule has 10 aromatic carbocycles. The Morgan fingerprint density at radius 2 is 0.803 bits per heavy atom. The summed E-state index contributed by atoms with van der Waals surface area (Å²) in [7, 11) is 0. The minimum absolute atomic E-state index is 0.0702. The van der Waals surface area contributed by atoms with Crippen LogP contribution in [0, 0.1) is 0 Å². The van der Waals surface area contributed by atoms with E-state index in [0.29, 0.717) is 5.82 Å². The molecule has 0 saturated heterocycles. The molecule has 2 heteroatoms. The number of hydrogen-bond acceptors (Lipinski definition) is 2. The number of fused-ring (bicyclic) bond motifs is 7. The summed E-state index contributed by atoms with van der Waals surface area (Å²) in [6.45, 7) is 4.73. The lowest BCUT2D eigenvalue weighted by molar-refractivity contribution is 0.661. The van der Waals surface area contributed by atoms with Crippen molar-refractivity contribution in [2.24, 2.45) is 0 Å².